The Hall–Kier alpha value is -0.100. The molecular weight excluding hydrogens is 219 g/mol. The third-order valence-corrected chi connectivity index (χ3v) is 4.12. The Kier molecular flexibility index (Phi) is 7.17. The molecule has 0 amide bonds. The molecule has 0 aliphatic heterocycles. The first-order valence-corrected chi connectivity index (χ1v) is 8.10. The number of hydrogen-bond acceptors (Lipinski definition) is 3. The van der Waals surface area contributed by atoms with E-state index in [9.17, 15) is 8.42 Å². The Bertz CT molecular complexity index is 296. The smallest absolute Gasteiger partial charge is 0.264 e. The van der Waals surface area contributed by atoms with Crippen molar-refractivity contribution < 1.29 is 12.6 Å². The van der Waals surface area contributed by atoms with E-state index in [1.807, 2.05) is 0 Å². The van der Waals surface area contributed by atoms with Gasteiger partial charge in [-0.25, -0.2) is 0 Å². The SMILES string of the molecule is CCP(C#CCCOS(C)(=O)=O)CC. The number of hydrogen-bond donors (Lipinski definition) is 0. The molecule has 82 valence electrons. The topological polar surface area (TPSA) is 43.4 Å². The van der Waals surface area contributed by atoms with Crippen molar-refractivity contribution >= 4 is 18.0 Å². The molecule has 0 aliphatic carbocycles. The molecule has 0 aromatic heterocycles. The van der Waals surface area contributed by atoms with Gasteiger partial charge in [0.15, 0.2) is 0 Å². The Morgan fingerprint density at radius 3 is 2.29 bits per heavy atom. The molecule has 0 unspecified atom stereocenters. The fourth-order valence-electron chi connectivity index (χ4n) is 0.793. The molecular formula is C9H17O3PS. The zero-order chi connectivity index (χ0) is 11.0. The van der Waals surface area contributed by atoms with Crippen LogP contribution in [0, 0.1) is 11.6 Å². The molecule has 5 heteroatoms. The molecule has 0 aromatic rings. The Labute approximate surface area is 88.1 Å². The van der Waals surface area contributed by atoms with Gasteiger partial charge in [-0.3, -0.25) is 4.18 Å². The van der Waals surface area contributed by atoms with Crippen molar-refractivity contribution in [2.45, 2.75) is 20.3 Å². The van der Waals surface area contributed by atoms with E-state index in [1.54, 1.807) is 0 Å². The molecule has 0 bridgehead atoms. The van der Waals surface area contributed by atoms with Gasteiger partial charge in [0.25, 0.3) is 10.1 Å². The minimum Gasteiger partial charge on any atom is -0.269 e. The molecule has 0 heterocycles. The third-order valence-electron chi connectivity index (χ3n) is 1.53. The van der Waals surface area contributed by atoms with Crippen molar-refractivity contribution in [3.05, 3.63) is 0 Å². The minimum absolute atomic E-state index is 0.167. The summed E-state index contributed by atoms with van der Waals surface area (Å²) >= 11 is 0. The van der Waals surface area contributed by atoms with E-state index in [2.05, 4.69) is 29.6 Å². The van der Waals surface area contributed by atoms with Crippen LogP contribution in [-0.2, 0) is 14.3 Å². The van der Waals surface area contributed by atoms with Crippen LogP contribution < -0.4 is 0 Å². The van der Waals surface area contributed by atoms with Gasteiger partial charge >= 0.3 is 0 Å². The van der Waals surface area contributed by atoms with Crippen LogP contribution in [0.25, 0.3) is 0 Å². The van der Waals surface area contributed by atoms with E-state index in [0.717, 1.165) is 18.6 Å². The minimum atomic E-state index is -3.30. The lowest BCUT2D eigenvalue weighted by molar-refractivity contribution is 0.330. The van der Waals surface area contributed by atoms with Crippen molar-refractivity contribution in [2.24, 2.45) is 0 Å². The van der Waals surface area contributed by atoms with Gasteiger partial charge < -0.3 is 0 Å². The highest BCUT2D eigenvalue weighted by Crippen LogP contribution is 2.31. The molecule has 0 aromatic carbocycles. The van der Waals surface area contributed by atoms with Crippen molar-refractivity contribution in [3.8, 4) is 11.6 Å². The van der Waals surface area contributed by atoms with Gasteiger partial charge in [-0.15, -0.1) is 0 Å². The van der Waals surface area contributed by atoms with Crippen LogP contribution in [0.3, 0.4) is 0 Å². The second kappa shape index (κ2) is 7.23. The van der Waals surface area contributed by atoms with E-state index < -0.39 is 10.1 Å². The van der Waals surface area contributed by atoms with Crippen LogP contribution in [0.2, 0.25) is 0 Å². The second-order valence-corrected chi connectivity index (χ2v) is 6.95. The van der Waals surface area contributed by atoms with Gasteiger partial charge in [0.1, 0.15) is 0 Å². The molecule has 0 radical (unpaired) electrons. The maximum atomic E-state index is 10.6. The average molecular weight is 236 g/mol. The number of rotatable bonds is 5. The fourth-order valence-corrected chi connectivity index (χ4v) is 2.28. The molecule has 0 saturated carbocycles. The van der Waals surface area contributed by atoms with Crippen molar-refractivity contribution in [2.75, 3.05) is 25.2 Å². The standard InChI is InChI=1S/C9H17O3PS/c1-4-13(5-2)9-7-6-8-12-14(3,10)11/h4-6,8H2,1-3H3. The van der Waals surface area contributed by atoms with Crippen LogP contribution in [0.4, 0.5) is 0 Å². The highest BCUT2D eigenvalue weighted by Gasteiger charge is 1.99. The highest BCUT2D eigenvalue weighted by atomic mass is 32.2. The fraction of sp³-hybridized carbons (Fsp3) is 0.778. The molecule has 0 N–H and O–H groups in total. The first-order chi connectivity index (χ1) is 6.49. The van der Waals surface area contributed by atoms with E-state index in [-0.39, 0.29) is 14.5 Å². The largest absolute Gasteiger partial charge is 0.269 e. The molecule has 3 nitrogen and oxygen atoms in total. The molecule has 14 heavy (non-hydrogen) atoms. The molecule has 0 fully saturated rings. The summed E-state index contributed by atoms with van der Waals surface area (Å²) in [5.41, 5.74) is 3.15. The van der Waals surface area contributed by atoms with Gasteiger partial charge in [-0.2, -0.15) is 8.42 Å². The van der Waals surface area contributed by atoms with Crippen LogP contribution in [0.1, 0.15) is 20.3 Å². The summed E-state index contributed by atoms with van der Waals surface area (Å²) in [6, 6.07) is 0. The maximum absolute atomic E-state index is 10.6. The van der Waals surface area contributed by atoms with Crippen molar-refractivity contribution in [3.63, 3.8) is 0 Å². The van der Waals surface area contributed by atoms with Gasteiger partial charge in [0.05, 0.1) is 12.9 Å². The van der Waals surface area contributed by atoms with E-state index >= 15 is 0 Å². The van der Waals surface area contributed by atoms with Crippen molar-refractivity contribution in [1.29, 1.82) is 0 Å². The lowest BCUT2D eigenvalue weighted by Gasteiger charge is -2.01. The Morgan fingerprint density at radius 2 is 1.86 bits per heavy atom. The molecule has 0 aliphatic rings. The van der Waals surface area contributed by atoms with Crippen LogP contribution in [0.15, 0.2) is 0 Å². The average Bonchev–Trinajstić information content (AvgIpc) is 2.09. The van der Waals surface area contributed by atoms with Gasteiger partial charge in [-0.1, -0.05) is 25.4 Å². The third kappa shape index (κ3) is 8.50. The molecule has 0 spiro atoms. The Morgan fingerprint density at radius 1 is 1.29 bits per heavy atom. The second-order valence-electron chi connectivity index (χ2n) is 2.74. The summed E-state index contributed by atoms with van der Waals surface area (Å²) in [5, 5.41) is 0. The normalized spacial score (nSPS) is 11.1. The summed E-state index contributed by atoms with van der Waals surface area (Å²) < 4.78 is 25.7. The predicted octanol–water partition coefficient (Wildman–Crippen LogP) is 1.84. The van der Waals surface area contributed by atoms with Gasteiger partial charge in [0.2, 0.25) is 0 Å². The lowest BCUT2D eigenvalue weighted by atomic mass is 10.5. The zero-order valence-electron chi connectivity index (χ0n) is 8.91. The van der Waals surface area contributed by atoms with Crippen LogP contribution >= 0.6 is 7.92 Å². The van der Waals surface area contributed by atoms with E-state index in [1.165, 1.54) is 0 Å². The first kappa shape index (κ1) is 13.9. The highest BCUT2D eigenvalue weighted by molar-refractivity contribution is 7.85. The first-order valence-electron chi connectivity index (χ1n) is 4.57. The summed E-state index contributed by atoms with van der Waals surface area (Å²) in [7, 11) is -3.47. The predicted molar refractivity (Wildman–Crippen MR) is 61.2 cm³/mol. The summed E-state index contributed by atoms with van der Waals surface area (Å²) in [6.45, 7) is 4.41. The van der Waals surface area contributed by atoms with E-state index in [4.69, 9.17) is 0 Å². The lowest BCUT2D eigenvalue weighted by Crippen LogP contribution is -2.03. The molecule has 0 saturated heterocycles. The quantitative estimate of drug-likeness (QED) is 0.316. The maximum Gasteiger partial charge on any atom is 0.264 e. The summed E-state index contributed by atoms with van der Waals surface area (Å²) in [6.07, 6.45) is 3.74. The van der Waals surface area contributed by atoms with Crippen LogP contribution in [0.5, 0.6) is 0 Å². The van der Waals surface area contributed by atoms with Crippen LogP contribution in [-0.4, -0.2) is 33.6 Å². The Balaban J connectivity index is 3.72. The molecule has 0 atom stereocenters. The van der Waals surface area contributed by atoms with Gasteiger partial charge in [-0.05, 0) is 20.2 Å². The monoisotopic (exact) mass is 236 g/mol. The summed E-state index contributed by atoms with van der Waals surface area (Å²) in [4.78, 5) is 0. The van der Waals surface area contributed by atoms with E-state index in [0.29, 0.717) is 6.42 Å². The summed E-state index contributed by atoms with van der Waals surface area (Å²) in [5.74, 6) is 2.95. The van der Waals surface area contributed by atoms with Crippen molar-refractivity contribution in [1.82, 2.24) is 0 Å². The zero-order valence-corrected chi connectivity index (χ0v) is 10.6. The molecule has 0 rings (SSSR count). The van der Waals surface area contributed by atoms with Gasteiger partial charge in [0, 0.05) is 6.42 Å².